The fraction of sp³-hybridized carbons (Fsp3) is 0.368. The van der Waals surface area contributed by atoms with Gasteiger partial charge in [-0.3, -0.25) is 14.4 Å². The van der Waals surface area contributed by atoms with Gasteiger partial charge in [0.25, 0.3) is 11.5 Å². The van der Waals surface area contributed by atoms with E-state index in [4.69, 9.17) is 0 Å². The maximum atomic E-state index is 13.1. The summed E-state index contributed by atoms with van der Waals surface area (Å²) >= 11 is 0. The number of benzene rings is 1. The molecule has 1 amide bonds. The van der Waals surface area contributed by atoms with E-state index in [0.29, 0.717) is 29.5 Å². The van der Waals surface area contributed by atoms with Gasteiger partial charge in [-0.05, 0) is 24.5 Å². The van der Waals surface area contributed by atoms with E-state index in [1.54, 1.807) is 29.2 Å². The van der Waals surface area contributed by atoms with Crippen LogP contribution in [0.4, 0.5) is 0 Å². The first kappa shape index (κ1) is 17.3. The zero-order chi connectivity index (χ0) is 19.3. The molecular formula is C19H20N4O4. The van der Waals surface area contributed by atoms with E-state index in [-0.39, 0.29) is 29.5 Å². The van der Waals surface area contributed by atoms with E-state index < -0.39 is 11.4 Å². The normalized spacial score (nSPS) is 20.0. The van der Waals surface area contributed by atoms with Crippen LogP contribution in [0.2, 0.25) is 0 Å². The third-order valence-electron chi connectivity index (χ3n) is 5.73. The Morgan fingerprint density at radius 3 is 2.70 bits per heavy atom. The number of nitrogens with one attached hydrogen (secondary N) is 1. The third kappa shape index (κ3) is 2.43. The maximum Gasteiger partial charge on any atom is 0.311 e. The molecule has 1 aromatic carbocycles. The van der Waals surface area contributed by atoms with Crippen LogP contribution in [0.1, 0.15) is 30.6 Å². The summed E-state index contributed by atoms with van der Waals surface area (Å²) in [7, 11) is 0. The number of aromatic nitrogens is 3. The molecule has 1 saturated heterocycles. The van der Waals surface area contributed by atoms with Crippen molar-refractivity contribution in [2.75, 3.05) is 13.1 Å². The molecule has 1 aliphatic heterocycles. The van der Waals surface area contributed by atoms with Crippen LogP contribution in [-0.4, -0.2) is 49.6 Å². The number of aliphatic carboxylic acids is 1. The molecule has 3 aromatic rings. The summed E-state index contributed by atoms with van der Waals surface area (Å²) in [5.74, 6) is -1.30. The number of rotatable bonds is 3. The number of para-hydroxylation sites is 1. The number of H-pyrrole nitrogens is 1. The molecule has 3 heterocycles. The highest BCUT2D eigenvalue weighted by Gasteiger charge is 2.48. The van der Waals surface area contributed by atoms with E-state index in [1.807, 2.05) is 13.8 Å². The smallest absolute Gasteiger partial charge is 0.311 e. The molecule has 0 saturated carbocycles. The largest absolute Gasteiger partial charge is 0.481 e. The first-order chi connectivity index (χ1) is 12.8. The quantitative estimate of drug-likeness (QED) is 0.732. The first-order valence-corrected chi connectivity index (χ1v) is 8.86. The molecule has 0 aliphatic carbocycles. The molecule has 1 fully saturated rings. The van der Waals surface area contributed by atoms with Gasteiger partial charge < -0.3 is 15.0 Å². The number of amides is 1. The summed E-state index contributed by atoms with van der Waals surface area (Å²) in [6.07, 6.45) is 1.83. The predicted octanol–water partition coefficient (Wildman–Crippen LogP) is 1.75. The number of likely N-dealkylation sites (tertiary alicyclic amines) is 1. The second-order valence-corrected chi connectivity index (χ2v) is 7.38. The van der Waals surface area contributed by atoms with Crippen molar-refractivity contribution >= 4 is 28.4 Å². The molecular weight excluding hydrogens is 348 g/mol. The van der Waals surface area contributed by atoms with Crippen molar-refractivity contribution < 1.29 is 14.7 Å². The summed E-state index contributed by atoms with van der Waals surface area (Å²) in [6, 6.07) is 7.03. The summed E-state index contributed by atoms with van der Waals surface area (Å²) < 4.78 is 1.53. The molecule has 140 valence electrons. The number of nitrogens with zero attached hydrogens (tertiary/aromatic N) is 3. The number of hydrogen-bond donors (Lipinski definition) is 2. The lowest BCUT2D eigenvalue weighted by atomic mass is 9.76. The fourth-order valence-corrected chi connectivity index (χ4v) is 3.90. The molecule has 1 atom stereocenters. The molecule has 0 spiro atoms. The Morgan fingerprint density at radius 1 is 1.30 bits per heavy atom. The zero-order valence-corrected chi connectivity index (χ0v) is 15.1. The lowest BCUT2D eigenvalue weighted by Crippen LogP contribution is -2.40. The second kappa shape index (κ2) is 5.94. The lowest BCUT2D eigenvalue weighted by Gasteiger charge is -2.28. The van der Waals surface area contributed by atoms with E-state index in [2.05, 4.69) is 10.1 Å². The highest BCUT2D eigenvalue weighted by molar-refractivity contribution is 6.01. The van der Waals surface area contributed by atoms with Crippen LogP contribution >= 0.6 is 0 Å². The summed E-state index contributed by atoms with van der Waals surface area (Å²) in [5.41, 5.74) is -0.0440. The van der Waals surface area contributed by atoms with Crippen LogP contribution < -0.4 is 5.56 Å². The van der Waals surface area contributed by atoms with Crippen LogP contribution in [0.15, 0.2) is 35.3 Å². The molecule has 27 heavy (non-hydrogen) atoms. The molecule has 0 bridgehead atoms. The van der Waals surface area contributed by atoms with E-state index in [9.17, 15) is 19.5 Å². The Bertz CT molecular complexity index is 1130. The first-order valence-electron chi connectivity index (χ1n) is 8.86. The Balaban J connectivity index is 1.77. The van der Waals surface area contributed by atoms with Gasteiger partial charge in [0.1, 0.15) is 11.2 Å². The van der Waals surface area contributed by atoms with Crippen molar-refractivity contribution in [2.24, 2.45) is 11.3 Å². The Kier molecular flexibility index (Phi) is 3.80. The molecule has 8 nitrogen and oxygen atoms in total. The van der Waals surface area contributed by atoms with E-state index in [1.165, 1.54) is 10.7 Å². The summed E-state index contributed by atoms with van der Waals surface area (Å²) in [4.78, 5) is 41.5. The minimum absolute atomic E-state index is 0.0968. The minimum Gasteiger partial charge on any atom is -0.481 e. The number of carboxylic acids is 1. The van der Waals surface area contributed by atoms with Gasteiger partial charge >= 0.3 is 5.97 Å². The minimum atomic E-state index is -0.946. The van der Waals surface area contributed by atoms with Crippen molar-refractivity contribution in [2.45, 2.75) is 20.3 Å². The maximum absolute atomic E-state index is 13.1. The molecule has 2 aromatic heterocycles. The van der Waals surface area contributed by atoms with Crippen LogP contribution in [0, 0.1) is 11.3 Å². The Hall–Kier alpha value is -3.16. The van der Waals surface area contributed by atoms with Crippen LogP contribution in [0.25, 0.3) is 16.6 Å². The second-order valence-electron chi connectivity index (χ2n) is 7.38. The monoisotopic (exact) mass is 368 g/mol. The van der Waals surface area contributed by atoms with E-state index >= 15 is 0 Å². The molecule has 1 aliphatic rings. The highest BCUT2D eigenvalue weighted by Crippen LogP contribution is 2.38. The standard InChI is InChI=1S/C19H20N4O4/c1-11(2)19(18(26)27)7-8-22(10-19)17(25)13-9-20-23-14-6-4-3-5-12(14)16(24)21-15(13)23/h3-6,9,11H,7-8,10H2,1-2H3,(H,21,24)(H,26,27). The molecule has 8 heteroatoms. The Labute approximate surface area is 154 Å². The number of carboxylic acid groups (broad SMARTS) is 1. The number of hydrogen-bond acceptors (Lipinski definition) is 4. The predicted molar refractivity (Wildman–Crippen MR) is 98.7 cm³/mol. The van der Waals surface area contributed by atoms with Gasteiger partial charge in [0.05, 0.1) is 22.5 Å². The average molecular weight is 368 g/mol. The number of aromatic amines is 1. The Morgan fingerprint density at radius 2 is 2.04 bits per heavy atom. The van der Waals surface area contributed by atoms with Gasteiger partial charge in [0.15, 0.2) is 0 Å². The average Bonchev–Trinajstić information content (AvgIpc) is 3.27. The fourth-order valence-electron chi connectivity index (χ4n) is 3.90. The SMILES string of the molecule is CC(C)C1(C(=O)O)CCN(C(=O)c2cnn3c2[nH]c(=O)c2ccccc23)C1. The molecule has 0 radical (unpaired) electrons. The highest BCUT2D eigenvalue weighted by atomic mass is 16.4. The number of fused-ring (bicyclic) bond motifs is 3. The van der Waals surface area contributed by atoms with Gasteiger partial charge in [-0.2, -0.15) is 5.10 Å². The van der Waals surface area contributed by atoms with Gasteiger partial charge in [-0.1, -0.05) is 26.0 Å². The summed E-state index contributed by atoms with van der Waals surface area (Å²) in [6.45, 7) is 4.23. The molecule has 4 rings (SSSR count). The molecule has 1 unspecified atom stereocenters. The van der Waals surface area contributed by atoms with Crippen molar-refractivity contribution in [3.8, 4) is 0 Å². The molecule has 2 N–H and O–H groups in total. The lowest BCUT2D eigenvalue weighted by molar-refractivity contribution is -0.150. The summed E-state index contributed by atoms with van der Waals surface area (Å²) in [5, 5.41) is 14.4. The van der Waals surface area contributed by atoms with Gasteiger partial charge in [0.2, 0.25) is 0 Å². The van der Waals surface area contributed by atoms with Crippen molar-refractivity contribution in [3.05, 3.63) is 46.4 Å². The zero-order valence-electron chi connectivity index (χ0n) is 15.1. The van der Waals surface area contributed by atoms with Crippen LogP contribution in [0.5, 0.6) is 0 Å². The van der Waals surface area contributed by atoms with Crippen molar-refractivity contribution in [3.63, 3.8) is 0 Å². The van der Waals surface area contributed by atoms with Crippen LogP contribution in [-0.2, 0) is 4.79 Å². The van der Waals surface area contributed by atoms with Gasteiger partial charge in [-0.15, -0.1) is 0 Å². The van der Waals surface area contributed by atoms with E-state index in [0.717, 1.165) is 0 Å². The number of carbonyl (C=O) groups excluding carboxylic acids is 1. The van der Waals surface area contributed by atoms with Crippen molar-refractivity contribution in [1.29, 1.82) is 0 Å². The van der Waals surface area contributed by atoms with Gasteiger partial charge in [0, 0.05) is 13.1 Å². The van der Waals surface area contributed by atoms with Crippen molar-refractivity contribution in [1.82, 2.24) is 19.5 Å². The number of carbonyl (C=O) groups is 2. The van der Waals surface area contributed by atoms with Gasteiger partial charge in [-0.25, -0.2) is 4.52 Å². The third-order valence-corrected chi connectivity index (χ3v) is 5.73. The topological polar surface area (TPSA) is 108 Å². The van der Waals surface area contributed by atoms with Crippen LogP contribution in [0.3, 0.4) is 0 Å².